The van der Waals surface area contributed by atoms with Gasteiger partial charge < -0.3 is 5.11 Å². The molecule has 2 rings (SSSR count). The molecule has 0 atom stereocenters. The Kier molecular flexibility index (Phi) is 3.49. The normalized spacial score (nSPS) is 9.94. The summed E-state index contributed by atoms with van der Waals surface area (Å²) in [7, 11) is 0. The average Bonchev–Trinajstić information content (AvgIpc) is 2.76. The van der Waals surface area contributed by atoms with Crippen molar-refractivity contribution in [3.8, 4) is 6.07 Å². The molecule has 18 heavy (non-hydrogen) atoms. The summed E-state index contributed by atoms with van der Waals surface area (Å²) < 4.78 is 1.17. The summed E-state index contributed by atoms with van der Waals surface area (Å²) in [5.41, 5.74) is 0.275. The van der Waals surface area contributed by atoms with Crippen LogP contribution in [0.25, 0.3) is 0 Å². The maximum atomic E-state index is 10.6. The molecule has 8 nitrogen and oxygen atoms in total. The van der Waals surface area contributed by atoms with Gasteiger partial charge in [-0.1, -0.05) is 0 Å². The van der Waals surface area contributed by atoms with Gasteiger partial charge in [0.1, 0.15) is 18.3 Å². The zero-order valence-electron chi connectivity index (χ0n) is 8.89. The third kappa shape index (κ3) is 2.80. The fourth-order valence-electron chi connectivity index (χ4n) is 1.14. The molecule has 0 aromatic carbocycles. The van der Waals surface area contributed by atoms with E-state index in [0.717, 1.165) is 11.8 Å². The quantitative estimate of drug-likeness (QED) is 0.828. The maximum absolute atomic E-state index is 10.6. The summed E-state index contributed by atoms with van der Waals surface area (Å²) in [6.07, 6.45) is 1.49. The van der Waals surface area contributed by atoms with E-state index in [1.165, 1.54) is 10.9 Å². The molecule has 9 heteroatoms. The minimum absolute atomic E-state index is 0.275. The third-order valence-electron chi connectivity index (χ3n) is 1.84. The monoisotopic (exact) mass is 262 g/mol. The highest BCUT2D eigenvalue weighted by Crippen LogP contribution is 2.24. The fourth-order valence-corrected chi connectivity index (χ4v) is 1.93. The third-order valence-corrected chi connectivity index (χ3v) is 2.80. The van der Waals surface area contributed by atoms with E-state index >= 15 is 0 Å². The van der Waals surface area contributed by atoms with Crippen LogP contribution in [0.1, 0.15) is 5.69 Å². The van der Waals surface area contributed by atoms with Crippen molar-refractivity contribution in [2.75, 3.05) is 0 Å². The number of tetrazole rings is 1. The number of carbonyl (C=O) groups is 1. The summed E-state index contributed by atoms with van der Waals surface area (Å²) in [5.74, 6) is -1.03. The van der Waals surface area contributed by atoms with Gasteiger partial charge in [-0.3, -0.25) is 4.79 Å². The van der Waals surface area contributed by atoms with Gasteiger partial charge in [-0.2, -0.15) is 5.26 Å². The predicted molar refractivity (Wildman–Crippen MR) is 58.5 cm³/mol. The summed E-state index contributed by atoms with van der Waals surface area (Å²) in [4.78, 5) is 15.1. The minimum Gasteiger partial charge on any atom is -0.480 e. The Balaban J connectivity index is 2.21. The Bertz CT molecular complexity index is 620. The van der Waals surface area contributed by atoms with Crippen molar-refractivity contribution in [2.24, 2.45) is 0 Å². The number of hydrogen-bond acceptors (Lipinski definition) is 7. The second-order valence-electron chi connectivity index (χ2n) is 3.10. The molecule has 0 unspecified atom stereocenters. The number of aromatic nitrogens is 5. The van der Waals surface area contributed by atoms with Crippen LogP contribution < -0.4 is 0 Å². The molecule has 0 radical (unpaired) electrons. The predicted octanol–water partition coefficient (Wildman–Crippen LogP) is 0.176. The zero-order chi connectivity index (χ0) is 13.0. The van der Waals surface area contributed by atoms with E-state index in [9.17, 15) is 4.79 Å². The molecule has 0 spiro atoms. The van der Waals surface area contributed by atoms with Crippen LogP contribution in [0.4, 0.5) is 0 Å². The van der Waals surface area contributed by atoms with Crippen LogP contribution in [0.2, 0.25) is 0 Å². The molecule has 0 aliphatic carbocycles. The largest absolute Gasteiger partial charge is 0.480 e. The molecule has 0 saturated heterocycles. The lowest BCUT2D eigenvalue weighted by Gasteiger charge is -2.01. The molecule has 1 N–H and O–H groups in total. The smallest absolute Gasteiger partial charge is 0.325 e. The number of pyridine rings is 1. The Hall–Kier alpha value is -2.47. The first kappa shape index (κ1) is 12.0. The number of nitriles is 1. The highest BCUT2D eigenvalue weighted by Gasteiger charge is 2.11. The van der Waals surface area contributed by atoms with Gasteiger partial charge in [0.2, 0.25) is 5.16 Å². The Labute approximate surface area is 105 Å². The molecular formula is C9H6N6O2S. The van der Waals surface area contributed by atoms with E-state index in [1.54, 1.807) is 12.1 Å². The molecule has 2 heterocycles. The number of hydrogen-bond donors (Lipinski definition) is 1. The topological polar surface area (TPSA) is 118 Å². The Morgan fingerprint density at radius 3 is 3.17 bits per heavy atom. The summed E-state index contributed by atoms with van der Waals surface area (Å²) in [6, 6.07) is 5.18. The second-order valence-corrected chi connectivity index (χ2v) is 4.14. The minimum atomic E-state index is -1.03. The van der Waals surface area contributed by atoms with Gasteiger partial charge in [-0.05, 0) is 34.3 Å². The number of rotatable bonds is 4. The molecule has 0 aliphatic heterocycles. The zero-order valence-corrected chi connectivity index (χ0v) is 9.70. The van der Waals surface area contributed by atoms with Crippen LogP contribution in [0.5, 0.6) is 0 Å². The van der Waals surface area contributed by atoms with Gasteiger partial charge in [0, 0.05) is 11.1 Å². The van der Waals surface area contributed by atoms with Crippen molar-refractivity contribution < 1.29 is 9.90 Å². The van der Waals surface area contributed by atoms with Crippen molar-refractivity contribution in [3.05, 3.63) is 24.0 Å². The molecule has 0 fully saturated rings. The molecule has 90 valence electrons. The molecule has 0 bridgehead atoms. The van der Waals surface area contributed by atoms with E-state index in [0.29, 0.717) is 10.1 Å². The Morgan fingerprint density at radius 1 is 1.61 bits per heavy atom. The van der Waals surface area contributed by atoms with Crippen molar-refractivity contribution in [2.45, 2.75) is 16.6 Å². The molecule has 0 saturated carbocycles. The Morgan fingerprint density at radius 2 is 2.44 bits per heavy atom. The highest BCUT2D eigenvalue weighted by molar-refractivity contribution is 7.99. The van der Waals surface area contributed by atoms with Gasteiger partial charge >= 0.3 is 5.97 Å². The number of aliphatic carboxylic acids is 1. The number of carboxylic acids is 1. The second kappa shape index (κ2) is 5.24. The van der Waals surface area contributed by atoms with E-state index < -0.39 is 5.97 Å². The summed E-state index contributed by atoms with van der Waals surface area (Å²) in [5, 5.41) is 28.4. The average molecular weight is 262 g/mol. The van der Waals surface area contributed by atoms with Crippen molar-refractivity contribution in [3.63, 3.8) is 0 Å². The van der Waals surface area contributed by atoms with Crippen LogP contribution >= 0.6 is 11.8 Å². The van der Waals surface area contributed by atoms with Crippen LogP contribution in [0, 0.1) is 11.3 Å². The lowest BCUT2D eigenvalue weighted by molar-refractivity contribution is -0.138. The molecule has 0 aliphatic rings. The van der Waals surface area contributed by atoms with Gasteiger partial charge in [0.05, 0.1) is 0 Å². The van der Waals surface area contributed by atoms with Crippen LogP contribution in [0.3, 0.4) is 0 Å². The van der Waals surface area contributed by atoms with Gasteiger partial charge in [-0.15, -0.1) is 5.10 Å². The fraction of sp³-hybridized carbons (Fsp3) is 0.111. The lowest BCUT2D eigenvalue weighted by Crippen LogP contribution is -2.11. The van der Waals surface area contributed by atoms with E-state index in [-0.39, 0.29) is 12.2 Å². The van der Waals surface area contributed by atoms with E-state index in [2.05, 4.69) is 20.5 Å². The van der Waals surface area contributed by atoms with Gasteiger partial charge in [0.25, 0.3) is 0 Å². The molecule has 2 aromatic heterocycles. The lowest BCUT2D eigenvalue weighted by atomic mass is 10.4. The van der Waals surface area contributed by atoms with Crippen molar-refractivity contribution in [1.82, 2.24) is 25.2 Å². The van der Waals surface area contributed by atoms with Crippen molar-refractivity contribution >= 4 is 17.7 Å². The number of nitrogens with zero attached hydrogens (tertiary/aromatic N) is 6. The first-order valence-electron chi connectivity index (χ1n) is 4.71. The van der Waals surface area contributed by atoms with Crippen LogP contribution in [-0.4, -0.2) is 36.3 Å². The first-order valence-corrected chi connectivity index (χ1v) is 5.52. The van der Waals surface area contributed by atoms with Crippen LogP contribution in [0.15, 0.2) is 28.4 Å². The molecule has 0 amide bonds. The van der Waals surface area contributed by atoms with Gasteiger partial charge in [0.15, 0.2) is 0 Å². The SMILES string of the molecule is N#Cc1cc(Sc2nnnn2CC(=O)O)ccn1. The van der Waals surface area contributed by atoms with Gasteiger partial charge in [-0.25, -0.2) is 9.67 Å². The van der Waals surface area contributed by atoms with Crippen molar-refractivity contribution in [1.29, 1.82) is 5.26 Å². The molecular weight excluding hydrogens is 256 g/mol. The number of carboxylic acid groups (broad SMARTS) is 1. The van der Waals surface area contributed by atoms with E-state index in [1.807, 2.05) is 6.07 Å². The summed E-state index contributed by atoms with van der Waals surface area (Å²) in [6.45, 7) is -0.314. The van der Waals surface area contributed by atoms with E-state index in [4.69, 9.17) is 10.4 Å². The maximum Gasteiger partial charge on any atom is 0.325 e. The molecule has 2 aromatic rings. The summed E-state index contributed by atoms with van der Waals surface area (Å²) >= 11 is 1.16. The first-order chi connectivity index (χ1) is 8.69. The van der Waals surface area contributed by atoms with Crippen LogP contribution in [-0.2, 0) is 11.3 Å². The highest BCUT2D eigenvalue weighted by atomic mass is 32.2. The standard InChI is InChI=1S/C9H6N6O2S/c10-4-6-3-7(1-2-11-6)18-9-12-13-14-15(9)5-8(16)17/h1-3H,5H2,(H,16,17).